The maximum absolute atomic E-state index is 8.25. The second-order valence-corrected chi connectivity index (χ2v) is 1.12. The number of hydrogen-bond donors (Lipinski definition) is 0. The Labute approximate surface area is 245 Å². The zero-order valence-electron chi connectivity index (χ0n) is 10.9. The van der Waals surface area contributed by atoms with Crippen molar-refractivity contribution in [3.05, 3.63) is 76.6 Å². The average molecular weight is 570 g/mol. The van der Waals surface area contributed by atoms with Crippen molar-refractivity contribution in [3.8, 4) is 0 Å². The van der Waals surface area contributed by atoms with Crippen LogP contribution in [-0.4, -0.2) is 25.4 Å². The molecule has 0 bridgehead atoms. The summed E-state index contributed by atoms with van der Waals surface area (Å²) in [7, 11) is 0. The maximum atomic E-state index is 8.25. The molecule has 0 spiro atoms. The molecule has 0 saturated heterocycles. The van der Waals surface area contributed by atoms with E-state index in [0.717, 1.165) is 0 Å². The first-order valence-electron chi connectivity index (χ1n) is 2.74. The van der Waals surface area contributed by atoms with Gasteiger partial charge in [0.05, 0.1) is 25.4 Å². The Hall–Kier alpha value is 0.714. The summed E-state index contributed by atoms with van der Waals surface area (Å²) in [5.74, 6) is 0. The summed E-state index contributed by atoms with van der Waals surface area (Å²) in [5.41, 5.74) is 0. The van der Waals surface area contributed by atoms with Gasteiger partial charge < -0.3 is 76.6 Å². The Kier molecular flexibility index (Phi) is 93.4. The minimum atomic E-state index is -1.75. The van der Waals surface area contributed by atoms with Crippen LogP contribution in [0.15, 0.2) is 0 Å². The summed E-state index contributed by atoms with van der Waals surface area (Å²) in [6.07, 6.45) is 0. The van der Waals surface area contributed by atoms with E-state index in [1.54, 1.807) is 0 Å². The van der Waals surface area contributed by atoms with E-state index in [4.69, 9.17) is 76.6 Å². The van der Waals surface area contributed by atoms with Gasteiger partial charge in [-0.05, 0) is 0 Å². The Morgan fingerprint density at radius 3 is 0.348 bits per heavy atom. The standard InChI is InChI=1S/5NO3.2Rb.Y/c5*2-1(3)4;;;/q5*-1;2*+1;+3. The third-order valence-electron chi connectivity index (χ3n) is 0. The molecule has 0 N–H and O–H groups in total. The van der Waals surface area contributed by atoms with Crippen molar-refractivity contribution in [2.24, 2.45) is 0 Å². The Morgan fingerprint density at radius 1 is 0.348 bits per heavy atom. The molecule has 0 amide bonds. The van der Waals surface area contributed by atoms with Crippen molar-refractivity contribution < 1.29 is 175 Å². The molecule has 0 aliphatic heterocycles. The van der Waals surface area contributed by atoms with Crippen LogP contribution in [0.5, 0.6) is 0 Å². The van der Waals surface area contributed by atoms with Crippen LogP contribution >= 0.6 is 0 Å². The van der Waals surface area contributed by atoms with Gasteiger partial charge in [0.1, 0.15) is 0 Å². The molecule has 0 rings (SSSR count). The maximum Gasteiger partial charge on any atom is 3.00 e. The van der Waals surface area contributed by atoms with Crippen LogP contribution in [0.2, 0.25) is 0 Å². The molecule has 120 valence electrons. The van der Waals surface area contributed by atoms with E-state index in [9.17, 15) is 0 Å². The molecule has 0 fully saturated rings. The molecular formula is N5O15Rb2Y. The summed E-state index contributed by atoms with van der Waals surface area (Å²) in [6.45, 7) is 0. The first-order valence-corrected chi connectivity index (χ1v) is 2.74. The zero-order chi connectivity index (χ0) is 17.9. The molecule has 0 unspecified atom stereocenters. The molecule has 0 heterocycles. The van der Waals surface area contributed by atoms with Crippen LogP contribution in [0, 0.1) is 76.6 Å². The Morgan fingerprint density at radius 2 is 0.348 bits per heavy atom. The molecular weight excluding hydrogens is 570 g/mol. The van der Waals surface area contributed by atoms with E-state index in [1.165, 1.54) is 0 Å². The Balaban J connectivity index is -0.0000000197. The third-order valence-corrected chi connectivity index (χ3v) is 0. The van der Waals surface area contributed by atoms with Crippen LogP contribution in [0.3, 0.4) is 0 Å². The summed E-state index contributed by atoms with van der Waals surface area (Å²) >= 11 is 0. The number of rotatable bonds is 0. The third kappa shape index (κ3) is 19100. The molecule has 0 aliphatic carbocycles. The van der Waals surface area contributed by atoms with Gasteiger partial charge in [0.2, 0.25) is 0 Å². The molecule has 23 heavy (non-hydrogen) atoms. The molecule has 0 aromatic rings. The second kappa shape index (κ2) is 43.4. The van der Waals surface area contributed by atoms with E-state index < -0.39 is 25.4 Å². The predicted molar refractivity (Wildman–Crippen MR) is 51.8 cm³/mol. The van der Waals surface area contributed by atoms with E-state index in [0.29, 0.717) is 0 Å². The fourth-order valence-electron chi connectivity index (χ4n) is 0. The van der Waals surface area contributed by atoms with Crippen molar-refractivity contribution in [2.45, 2.75) is 0 Å². The van der Waals surface area contributed by atoms with Gasteiger partial charge in [0.15, 0.2) is 0 Å². The topological polar surface area (TPSA) is 331 Å². The summed E-state index contributed by atoms with van der Waals surface area (Å²) < 4.78 is 0. The van der Waals surface area contributed by atoms with Crippen molar-refractivity contribution in [3.63, 3.8) is 0 Å². The van der Waals surface area contributed by atoms with Gasteiger partial charge >= 0.3 is 149 Å². The molecule has 0 radical (unpaired) electrons. The molecule has 20 nitrogen and oxygen atoms in total. The molecule has 0 aliphatic rings. The van der Waals surface area contributed by atoms with E-state index in [-0.39, 0.29) is 149 Å². The van der Waals surface area contributed by atoms with Crippen LogP contribution < -0.4 is 116 Å². The van der Waals surface area contributed by atoms with E-state index >= 15 is 0 Å². The molecule has 0 atom stereocenters. The first kappa shape index (κ1) is 49.5. The van der Waals surface area contributed by atoms with Crippen LogP contribution in [-0.2, 0) is 32.7 Å². The zero-order valence-corrected chi connectivity index (χ0v) is 23.6. The fraction of sp³-hybridized carbons (Fsp3) is 0. The molecule has 0 saturated carbocycles. The molecule has 23 heteroatoms. The number of hydrogen-bond acceptors (Lipinski definition) is 15. The van der Waals surface area contributed by atoms with Gasteiger partial charge in [0.25, 0.3) is 0 Å². The van der Waals surface area contributed by atoms with Crippen LogP contribution in [0.4, 0.5) is 0 Å². The Bertz CT molecular complexity index is 217. The first-order chi connectivity index (χ1) is 8.66. The van der Waals surface area contributed by atoms with E-state index in [2.05, 4.69) is 0 Å². The number of nitrogens with zero attached hydrogens (tertiary/aromatic N) is 5. The predicted octanol–water partition coefficient (Wildman–Crippen LogP) is -7.19. The SMILES string of the molecule is O=[N+]([O-])[O-].O=[N+]([O-])[O-].O=[N+]([O-])[O-].O=[N+]([O-])[O-].O=[N+]([O-])[O-].[Rb+].[Rb+].[Y+3]. The second-order valence-electron chi connectivity index (χ2n) is 1.12. The van der Waals surface area contributed by atoms with Crippen LogP contribution in [0.1, 0.15) is 0 Å². The molecule has 0 aromatic carbocycles. The summed E-state index contributed by atoms with van der Waals surface area (Å²) in [4.78, 5) is 41.2. The van der Waals surface area contributed by atoms with Gasteiger partial charge in [-0.2, -0.15) is 0 Å². The van der Waals surface area contributed by atoms with Crippen molar-refractivity contribution in [1.82, 2.24) is 0 Å². The quantitative estimate of drug-likeness (QED) is 0.193. The fourth-order valence-corrected chi connectivity index (χ4v) is 0. The largest absolute Gasteiger partial charge is 3.00 e. The van der Waals surface area contributed by atoms with Gasteiger partial charge in [0, 0.05) is 0 Å². The minimum Gasteiger partial charge on any atom is -0.356 e. The summed E-state index contributed by atoms with van der Waals surface area (Å²) in [5, 5.41) is 73.8. The smallest absolute Gasteiger partial charge is 0.356 e. The van der Waals surface area contributed by atoms with Crippen molar-refractivity contribution in [1.29, 1.82) is 0 Å². The van der Waals surface area contributed by atoms with Gasteiger partial charge in [-0.15, -0.1) is 0 Å². The van der Waals surface area contributed by atoms with Gasteiger partial charge in [-0.1, -0.05) is 0 Å². The van der Waals surface area contributed by atoms with Gasteiger partial charge in [-0.25, -0.2) is 0 Å². The van der Waals surface area contributed by atoms with Crippen molar-refractivity contribution in [2.75, 3.05) is 0 Å². The van der Waals surface area contributed by atoms with E-state index in [1.807, 2.05) is 0 Å². The minimum absolute atomic E-state index is 0. The van der Waals surface area contributed by atoms with Crippen LogP contribution in [0.25, 0.3) is 0 Å². The monoisotopic (exact) mass is 569 g/mol. The summed E-state index contributed by atoms with van der Waals surface area (Å²) in [6, 6.07) is 0. The normalized spacial score (nSPS) is 5.22. The molecule has 0 aromatic heterocycles. The van der Waals surface area contributed by atoms with Crippen molar-refractivity contribution >= 4 is 0 Å². The van der Waals surface area contributed by atoms with Gasteiger partial charge in [-0.3, -0.25) is 0 Å². The average Bonchev–Trinajstić information content (AvgIpc) is 1.94.